The van der Waals surface area contributed by atoms with E-state index in [2.05, 4.69) is 19.2 Å². The summed E-state index contributed by atoms with van der Waals surface area (Å²) in [6.07, 6.45) is 4.30. The summed E-state index contributed by atoms with van der Waals surface area (Å²) in [6.45, 7) is 9.84. The van der Waals surface area contributed by atoms with E-state index in [1.54, 1.807) is 0 Å². The number of carbonyl (C=O) groups is 1. The summed E-state index contributed by atoms with van der Waals surface area (Å²) >= 11 is 0. The van der Waals surface area contributed by atoms with E-state index in [0.717, 1.165) is 25.9 Å². The van der Waals surface area contributed by atoms with Gasteiger partial charge in [0.1, 0.15) is 0 Å². The van der Waals surface area contributed by atoms with E-state index in [1.807, 2.05) is 18.7 Å². The number of likely N-dealkylation sites (tertiary alicyclic amines) is 1. The molecule has 0 aromatic carbocycles. The Kier molecular flexibility index (Phi) is 6.47. The maximum absolute atomic E-state index is 11.7. The van der Waals surface area contributed by atoms with Crippen LogP contribution in [0.5, 0.6) is 0 Å². The predicted octanol–water partition coefficient (Wildman–Crippen LogP) is 2.77. The number of amides is 1. The minimum absolute atomic E-state index is 0.0297. The monoisotopic (exact) mass is 256 g/mol. The van der Waals surface area contributed by atoms with Crippen LogP contribution in [0.1, 0.15) is 53.4 Å². The Morgan fingerprint density at radius 1 is 1.33 bits per heavy atom. The molecule has 1 N–H and O–H groups in total. The normalized spacial score (nSPS) is 19.1. The molecule has 1 saturated heterocycles. The fraction of sp³-hybridized carbons (Fsp3) is 0.929. The minimum Gasteiger partial charge on any atom is -0.447 e. The number of ether oxygens (including phenoxy) is 1. The van der Waals surface area contributed by atoms with Gasteiger partial charge in [0.05, 0.1) is 6.10 Å². The average Bonchev–Trinajstić information content (AvgIpc) is 2.29. The summed E-state index contributed by atoms with van der Waals surface area (Å²) in [5.74, 6) is 0. The Balaban J connectivity index is 2.26. The van der Waals surface area contributed by atoms with Crippen molar-refractivity contribution in [1.29, 1.82) is 0 Å². The molecule has 0 radical (unpaired) electrons. The van der Waals surface area contributed by atoms with Crippen molar-refractivity contribution in [1.82, 2.24) is 10.2 Å². The van der Waals surface area contributed by atoms with Crippen LogP contribution in [0.3, 0.4) is 0 Å². The molecule has 1 fully saturated rings. The van der Waals surface area contributed by atoms with Crippen LogP contribution >= 0.6 is 0 Å². The van der Waals surface area contributed by atoms with E-state index < -0.39 is 0 Å². The molecule has 0 spiro atoms. The molecule has 0 aromatic rings. The van der Waals surface area contributed by atoms with Crippen LogP contribution in [0.25, 0.3) is 0 Å². The van der Waals surface area contributed by atoms with Gasteiger partial charge in [0.15, 0.2) is 0 Å². The second-order valence-electron chi connectivity index (χ2n) is 5.55. The van der Waals surface area contributed by atoms with Crippen molar-refractivity contribution in [3.8, 4) is 0 Å². The van der Waals surface area contributed by atoms with Gasteiger partial charge in [-0.2, -0.15) is 0 Å². The van der Waals surface area contributed by atoms with Crippen LogP contribution in [0.15, 0.2) is 0 Å². The summed E-state index contributed by atoms with van der Waals surface area (Å²) in [6, 6.07) is 1.13. The Hall–Kier alpha value is -0.770. The fourth-order valence-electron chi connectivity index (χ4n) is 2.42. The zero-order valence-electron chi connectivity index (χ0n) is 12.2. The number of hydrogen-bond acceptors (Lipinski definition) is 3. The first-order chi connectivity index (χ1) is 8.52. The zero-order chi connectivity index (χ0) is 13.5. The first-order valence-electron chi connectivity index (χ1n) is 7.24. The van der Waals surface area contributed by atoms with Crippen molar-refractivity contribution in [2.24, 2.45) is 0 Å². The Labute approximate surface area is 111 Å². The van der Waals surface area contributed by atoms with Gasteiger partial charge in [-0.15, -0.1) is 0 Å². The van der Waals surface area contributed by atoms with Crippen molar-refractivity contribution in [3.63, 3.8) is 0 Å². The number of rotatable bonds is 5. The van der Waals surface area contributed by atoms with E-state index in [0.29, 0.717) is 12.1 Å². The molecule has 106 valence electrons. The van der Waals surface area contributed by atoms with Crippen molar-refractivity contribution in [2.75, 3.05) is 13.1 Å². The molecule has 0 saturated carbocycles. The first-order valence-corrected chi connectivity index (χ1v) is 7.24. The second-order valence-corrected chi connectivity index (χ2v) is 5.55. The first kappa shape index (κ1) is 15.3. The van der Waals surface area contributed by atoms with E-state index in [-0.39, 0.29) is 12.2 Å². The minimum atomic E-state index is -0.162. The molecule has 4 heteroatoms. The predicted molar refractivity (Wildman–Crippen MR) is 73.7 cm³/mol. The van der Waals surface area contributed by atoms with E-state index in [1.165, 1.54) is 12.8 Å². The lowest BCUT2D eigenvalue weighted by molar-refractivity contribution is 0.0673. The molecule has 0 aromatic heterocycles. The second kappa shape index (κ2) is 7.62. The molecule has 1 rings (SSSR count). The Bertz CT molecular complexity index is 248. The molecule has 1 atom stereocenters. The lowest BCUT2D eigenvalue weighted by Gasteiger charge is -2.33. The van der Waals surface area contributed by atoms with Crippen LogP contribution in [-0.2, 0) is 4.74 Å². The van der Waals surface area contributed by atoms with Crippen LogP contribution in [0.2, 0.25) is 0 Å². The molecule has 1 heterocycles. The molecule has 4 nitrogen and oxygen atoms in total. The Morgan fingerprint density at radius 2 is 1.94 bits per heavy atom. The summed E-state index contributed by atoms with van der Waals surface area (Å²) in [7, 11) is 0. The highest BCUT2D eigenvalue weighted by Gasteiger charge is 2.24. The van der Waals surface area contributed by atoms with Crippen molar-refractivity contribution in [2.45, 2.75) is 71.6 Å². The lowest BCUT2D eigenvalue weighted by Crippen LogP contribution is -2.47. The third kappa shape index (κ3) is 5.25. The summed E-state index contributed by atoms with van der Waals surface area (Å²) < 4.78 is 5.21. The fourth-order valence-corrected chi connectivity index (χ4v) is 2.42. The van der Waals surface area contributed by atoms with Gasteiger partial charge in [-0.3, -0.25) is 0 Å². The van der Waals surface area contributed by atoms with Crippen molar-refractivity contribution in [3.05, 3.63) is 0 Å². The third-order valence-electron chi connectivity index (χ3n) is 3.33. The summed E-state index contributed by atoms with van der Waals surface area (Å²) in [4.78, 5) is 13.5. The molecule has 1 aliphatic rings. The molecular formula is C14H28N2O2. The maximum atomic E-state index is 11.7. The van der Waals surface area contributed by atoms with Gasteiger partial charge in [-0.05, 0) is 40.0 Å². The lowest BCUT2D eigenvalue weighted by atomic mass is 10.0. The number of carbonyl (C=O) groups excluding carboxylic acids is 1. The van der Waals surface area contributed by atoms with Gasteiger partial charge in [-0.25, -0.2) is 4.79 Å². The highest BCUT2D eigenvalue weighted by molar-refractivity contribution is 5.67. The Morgan fingerprint density at radius 3 is 2.44 bits per heavy atom. The number of nitrogens with zero attached hydrogens (tertiary/aromatic N) is 1. The topological polar surface area (TPSA) is 41.6 Å². The van der Waals surface area contributed by atoms with E-state index in [9.17, 15) is 4.79 Å². The highest BCUT2D eigenvalue weighted by Crippen LogP contribution is 2.13. The molecular weight excluding hydrogens is 228 g/mol. The number of piperidine rings is 1. The van der Waals surface area contributed by atoms with Gasteiger partial charge in [0.25, 0.3) is 0 Å². The van der Waals surface area contributed by atoms with Crippen LogP contribution in [0, 0.1) is 0 Å². The van der Waals surface area contributed by atoms with Gasteiger partial charge in [0.2, 0.25) is 0 Å². The standard InChI is InChI=1S/C14H28N2O2/c1-5-6-12(4)15-13-7-9-16(10-8-13)14(17)18-11(2)3/h11-13,15H,5-10H2,1-4H3. The number of hydrogen-bond donors (Lipinski definition) is 1. The van der Waals surface area contributed by atoms with E-state index >= 15 is 0 Å². The zero-order valence-corrected chi connectivity index (χ0v) is 12.2. The summed E-state index contributed by atoms with van der Waals surface area (Å²) in [5, 5.41) is 3.64. The van der Waals surface area contributed by atoms with Gasteiger partial charge in [0, 0.05) is 25.2 Å². The third-order valence-corrected chi connectivity index (χ3v) is 3.33. The van der Waals surface area contributed by atoms with Crippen LogP contribution in [-0.4, -0.2) is 42.3 Å². The molecule has 1 aliphatic heterocycles. The molecule has 0 aliphatic carbocycles. The van der Waals surface area contributed by atoms with E-state index in [4.69, 9.17) is 4.74 Å². The van der Waals surface area contributed by atoms with Gasteiger partial charge in [-0.1, -0.05) is 13.3 Å². The van der Waals surface area contributed by atoms with Gasteiger partial charge < -0.3 is 15.0 Å². The largest absolute Gasteiger partial charge is 0.447 e. The summed E-state index contributed by atoms with van der Waals surface area (Å²) in [5.41, 5.74) is 0. The van der Waals surface area contributed by atoms with Crippen LogP contribution < -0.4 is 5.32 Å². The van der Waals surface area contributed by atoms with Crippen LogP contribution in [0.4, 0.5) is 4.79 Å². The van der Waals surface area contributed by atoms with Crippen molar-refractivity contribution < 1.29 is 9.53 Å². The van der Waals surface area contributed by atoms with Gasteiger partial charge >= 0.3 is 6.09 Å². The maximum Gasteiger partial charge on any atom is 0.410 e. The molecule has 0 bridgehead atoms. The quantitative estimate of drug-likeness (QED) is 0.822. The average molecular weight is 256 g/mol. The molecule has 1 unspecified atom stereocenters. The molecule has 1 amide bonds. The smallest absolute Gasteiger partial charge is 0.410 e. The number of nitrogens with one attached hydrogen (secondary N) is 1. The SMILES string of the molecule is CCCC(C)NC1CCN(C(=O)OC(C)C)CC1. The highest BCUT2D eigenvalue weighted by atomic mass is 16.6. The molecule has 18 heavy (non-hydrogen) atoms. The van der Waals surface area contributed by atoms with Crippen molar-refractivity contribution >= 4 is 6.09 Å².